The first-order valence-corrected chi connectivity index (χ1v) is 10.3. The fourth-order valence-electron chi connectivity index (χ4n) is 5.40. The number of amides is 1. The van der Waals surface area contributed by atoms with Crippen molar-refractivity contribution >= 4 is 5.91 Å². The molecule has 0 unspecified atom stereocenters. The van der Waals surface area contributed by atoms with Crippen LogP contribution < -0.4 is 5.32 Å². The zero-order valence-corrected chi connectivity index (χ0v) is 16.9. The summed E-state index contributed by atoms with van der Waals surface area (Å²) < 4.78 is 2.01. The molecule has 2 aromatic rings. The van der Waals surface area contributed by atoms with Gasteiger partial charge < -0.3 is 5.32 Å². The third-order valence-electron chi connectivity index (χ3n) is 7.03. The standard InChI is InChI=1S/C23H31N3O/c1-14(26-17(4)15(2)16(3)25-26)13-21(27)24-23-20-12-8-11-19(20)22(23)18-9-6-5-7-10-18/h5-7,9-10,14,19-20,22-23H,8,11-13H2,1-4H3,(H,24,27)/t14-,19-,20-,22-,23-/m1/s1. The SMILES string of the molecule is Cc1nn([C@H](C)CC(=O)N[C@@H]2[C@@H]3CCC[C@H]3[C@H]2c2ccccc2)c(C)c1C. The molecule has 2 saturated carbocycles. The zero-order chi connectivity index (χ0) is 19.1. The second-order valence-electron chi connectivity index (χ2n) is 8.58. The number of carbonyl (C=O) groups excluding carboxylic acids is 1. The van der Waals surface area contributed by atoms with Crippen LogP contribution in [0.15, 0.2) is 30.3 Å². The Hall–Kier alpha value is -2.10. The van der Waals surface area contributed by atoms with Crippen molar-refractivity contribution in [2.75, 3.05) is 0 Å². The lowest BCUT2D eigenvalue weighted by atomic mass is 9.60. The van der Waals surface area contributed by atoms with E-state index in [2.05, 4.69) is 61.5 Å². The van der Waals surface area contributed by atoms with E-state index in [1.807, 2.05) is 11.6 Å². The molecular weight excluding hydrogens is 334 g/mol. The molecule has 4 nitrogen and oxygen atoms in total. The molecule has 0 radical (unpaired) electrons. The zero-order valence-electron chi connectivity index (χ0n) is 16.9. The van der Waals surface area contributed by atoms with Gasteiger partial charge in [0.1, 0.15) is 0 Å². The van der Waals surface area contributed by atoms with Crippen LogP contribution in [0.3, 0.4) is 0 Å². The number of hydrogen-bond acceptors (Lipinski definition) is 2. The minimum atomic E-state index is 0.0760. The Morgan fingerprint density at radius 3 is 2.56 bits per heavy atom. The maximum atomic E-state index is 12.8. The van der Waals surface area contributed by atoms with Crippen molar-refractivity contribution in [2.24, 2.45) is 11.8 Å². The van der Waals surface area contributed by atoms with E-state index in [-0.39, 0.29) is 11.9 Å². The molecule has 1 amide bonds. The molecule has 1 aromatic heterocycles. The molecule has 1 N–H and O–H groups in total. The van der Waals surface area contributed by atoms with E-state index in [1.165, 1.54) is 30.4 Å². The number of nitrogens with one attached hydrogen (secondary N) is 1. The quantitative estimate of drug-likeness (QED) is 0.850. The molecule has 0 saturated heterocycles. The minimum Gasteiger partial charge on any atom is -0.352 e. The van der Waals surface area contributed by atoms with Gasteiger partial charge in [0.25, 0.3) is 0 Å². The van der Waals surface area contributed by atoms with Crippen LogP contribution in [-0.4, -0.2) is 21.7 Å². The van der Waals surface area contributed by atoms with E-state index in [9.17, 15) is 4.79 Å². The first kappa shape index (κ1) is 18.3. The van der Waals surface area contributed by atoms with E-state index in [0.29, 0.717) is 24.3 Å². The van der Waals surface area contributed by atoms with E-state index in [0.717, 1.165) is 17.3 Å². The summed E-state index contributed by atoms with van der Waals surface area (Å²) in [7, 11) is 0. The highest BCUT2D eigenvalue weighted by Crippen LogP contribution is 2.55. The molecule has 4 rings (SSSR count). The van der Waals surface area contributed by atoms with Gasteiger partial charge in [0, 0.05) is 24.1 Å². The average Bonchev–Trinajstić information content (AvgIpc) is 3.17. The first-order valence-electron chi connectivity index (χ1n) is 10.3. The van der Waals surface area contributed by atoms with E-state index < -0.39 is 0 Å². The van der Waals surface area contributed by atoms with E-state index in [1.54, 1.807) is 0 Å². The number of aromatic nitrogens is 2. The summed E-state index contributed by atoms with van der Waals surface area (Å²) in [5.41, 5.74) is 4.82. The monoisotopic (exact) mass is 365 g/mol. The molecule has 27 heavy (non-hydrogen) atoms. The van der Waals surface area contributed by atoms with Crippen molar-refractivity contribution in [3.05, 3.63) is 52.8 Å². The minimum absolute atomic E-state index is 0.0760. The molecule has 2 aliphatic rings. The lowest BCUT2D eigenvalue weighted by molar-refractivity contribution is -0.124. The summed E-state index contributed by atoms with van der Waals surface area (Å²) in [4.78, 5) is 12.8. The Balaban J connectivity index is 1.44. The predicted molar refractivity (Wildman–Crippen MR) is 108 cm³/mol. The second kappa shape index (κ2) is 7.14. The highest BCUT2D eigenvalue weighted by atomic mass is 16.1. The normalized spacial score (nSPS) is 27.7. The molecule has 2 fully saturated rings. The van der Waals surface area contributed by atoms with Crippen molar-refractivity contribution in [3.63, 3.8) is 0 Å². The fraction of sp³-hybridized carbons (Fsp3) is 0.565. The Morgan fingerprint density at radius 1 is 1.19 bits per heavy atom. The van der Waals surface area contributed by atoms with Crippen LogP contribution in [0.25, 0.3) is 0 Å². The van der Waals surface area contributed by atoms with Crippen LogP contribution in [-0.2, 0) is 4.79 Å². The summed E-state index contributed by atoms with van der Waals surface area (Å²) in [6.07, 6.45) is 4.34. The van der Waals surface area contributed by atoms with Crippen LogP contribution in [0.2, 0.25) is 0 Å². The number of hydrogen-bond donors (Lipinski definition) is 1. The van der Waals surface area contributed by atoms with Gasteiger partial charge in [-0.15, -0.1) is 0 Å². The van der Waals surface area contributed by atoms with Crippen LogP contribution in [0, 0.1) is 32.6 Å². The molecule has 4 heteroatoms. The Morgan fingerprint density at radius 2 is 1.89 bits per heavy atom. The fourth-order valence-corrected chi connectivity index (χ4v) is 5.40. The van der Waals surface area contributed by atoms with Crippen LogP contribution in [0.4, 0.5) is 0 Å². The van der Waals surface area contributed by atoms with Crippen molar-refractivity contribution < 1.29 is 4.79 Å². The molecule has 144 valence electrons. The van der Waals surface area contributed by atoms with Gasteiger partial charge in [0.05, 0.1) is 11.7 Å². The number of aryl methyl sites for hydroxylation is 1. The number of nitrogens with zero attached hydrogens (tertiary/aromatic N) is 2. The third-order valence-corrected chi connectivity index (χ3v) is 7.03. The molecule has 1 aromatic carbocycles. The van der Waals surface area contributed by atoms with Gasteiger partial charge in [-0.1, -0.05) is 36.8 Å². The Labute approximate surface area is 162 Å². The summed E-state index contributed by atoms with van der Waals surface area (Å²) >= 11 is 0. The number of fused-ring (bicyclic) bond motifs is 1. The van der Waals surface area contributed by atoms with Crippen LogP contribution >= 0.6 is 0 Å². The maximum Gasteiger partial charge on any atom is 0.222 e. The topological polar surface area (TPSA) is 46.9 Å². The van der Waals surface area contributed by atoms with Crippen LogP contribution in [0.5, 0.6) is 0 Å². The van der Waals surface area contributed by atoms with Crippen molar-refractivity contribution in [3.8, 4) is 0 Å². The van der Waals surface area contributed by atoms with Gasteiger partial charge in [-0.05, 0) is 63.5 Å². The number of rotatable bonds is 5. The lowest BCUT2D eigenvalue weighted by Crippen LogP contribution is -2.56. The molecule has 0 aliphatic heterocycles. The summed E-state index contributed by atoms with van der Waals surface area (Å²) in [5.74, 6) is 2.04. The third kappa shape index (κ3) is 3.19. The van der Waals surface area contributed by atoms with Crippen molar-refractivity contribution in [2.45, 2.75) is 71.4 Å². The molecule has 1 heterocycles. The first-order chi connectivity index (χ1) is 13.0. The van der Waals surface area contributed by atoms with Gasteiger partial charge in [-0.25, -0.2) is 0 Å². The van der Waals surface area contributed by atoms with Gasteiger partial charge in [-0.3, -0.25) is 9.48 Å². The van der Waals surface area contributed by atoms with E-state index >= 15 is 0 Å². The predicted octanol–water partition coefficient (Wildman–Crippen LogP) is 4.46. The summed E-state index contributed by atoms with van der Waals surface area (Å²) in [6, 6.07) is 11.1. The average molecular weight is 366 g/mol. The van der Waals surface area contributed by atoms with Crippen LogP contribution in [0.1, 0.15) is 67.1 Å². The van der Waals surface area contributed by atoms with Gasteiger partial charge in [0.15, 0.2) is 0 Å². The molecular formula is C23H31N3O. The second-order valence-corrected chi connectivity index (χ2v) is 8.58. The highest BCUT2D eigenvalue weighted by Gasteiger charge is 2.53. The molecule has 0 bridgehead atoms. The van der Waals surface area contributed by atoms with Crippen molar-refractivity contribution in [1.82, 2.24) is 15.1 Å². The van der Waals surface area contributed by atoms with Gasteiger partial charge >= 0.3 is 0 Å². The summed E-state index contributed by atoms with van der Waals surface area (Å²) in [5, 5.41) is 8.03. The van der Waals surface area contributed by atoms with E-state index in [4.69, 9.17) is 0 Å². The maximum absolute atomic E-state index is 12.8. The highest BCUT2D eigenvalue weighted by molar-refractivity contribution is 5.77. The number of benzene rings is 1. The smallest absolute Gasteiger partial charge is 0.222 e. The van der Waals surface area contributed by atoms with Gasteiger partial charge in [0.2, 0.25) is 5.91 Å². The molecule has 2 aliphatic carbocycles. The van der Waals surface area contributed by atoms with Gasteiger partial charge in [-0.2, -0.15) is 5.10 Å². The Kier molecular flexibility index (Phi) is 4.83. The molecule has 0 spiro atoms. The number of carbonyl (C=O) groups is 1. The molecule has 5 atom stereocenters. The summed E-state index contributed by atoms with van der Waals surface area (Å²) in [6.45, 7) is 8.31. The largest absolute Gasteiger partial charge is 0.352 e. The van der Waals surface area contributed by atoms with Crippen molar-refractivity contribution in [1.29, 1.82) is 0 Å². The lowest BCUT2D eigenvalue weighted by Gasteiger charge is -2.50. The Bertz CT molecular complexity index is 826.